The van der Waals surface area contributed by atoms with Crippen LogP contribution in [-0.4, -0.2) is 14.5 Å². The molecule has 2 heterocycles. The van der Waals surface area contributed by atoms with Gasteiger partial charge in [-0.2, -0.15) is 7.11 Å². The molecule has 0 aliphatic rings. The molecule has 0 saturated carbocycles. The molecule has 0 unspecified atom stereocenters. The fourth-order valence-corrected chi connectivity index (χ4v) is 8.86. The summed E-state index contributed by atoms with van der Waals surface area (Å²) in [5, 5.41) is 0. The number of hydrogen-bond acceptors (Lipinski definition) is 3. The van der Waals surface area contributed by atoms with Crippen LogP contribution in [0.1, 0.15) is 73.5 Å². The van der Waals surface area contributed by atoms with Crippen molar-refractivity contribution >= 4 is 11.0 Å². The number of para-hydroxylation sites is 1. The van der Waals surface area contributed by atoms with E-state index in [-0.39, 0.29) is 31.9 Å². The first-order valence-corrected chi connectivity index (χ1v) is 21.9. The van der Waals surface area contributed by atoms with Crippen LogP contribution in [0.15, 0.2) is 158 Å². The summed E-state index contributed by atoms with van der Waals surface area (Å²) in [5.74, 6) is 1.40. The van der Waals surface area contributed by atoms with Crippen LogP contribution < -0.4 is 4.74 Å². The summed E-state index contributed by atoms with van der Waals surface area (Å²) in [6.45, 7) is 15.5. The Bertz CT molecular complexity index is 3290. The number of ether oxygens (including phenoxy) is 1. The summed E-state index contributed by atoms with van der Waals surface area (Å²) in [5.41, 5.74) is 17.7. The smallest absolute Gasteiger partial charge is 0.665 e. The van der Waals surface area contributed by atoms with Crippen molar-refractivity contribution in [2.45, 2.75) is 73.1 Å². The fourth-order valence-electron chi connectivity index (χ4n) is 8.86. The number of benzene rings is 7. The van der Waals surface area contributed by atoms with E-state index >= 15 is 0 Å². The van der Waals surface area contributed by atoms with Crippen molar-refractivity contribution in [1.29, 1.82) is 0 Å². The minimum Gasteiger partial charge on any atom is -0.665 e. The van der Waals surface area contributed by atoms with Gasteiger partial charge in [0.05, 0.1) is 28.0 Å². The van der Waals surface area contributed by atoms with Crippen LogP contribution in [0, 0.1) is 33.9 Å². The quantitative estimate of drug-likeness (QED) is 0.142. The summed E-state index contributed by atoms with van der Waals surface area (Å²) >= 11 is 0. The first-order chi connectivity index (χ1) is 31.9. The van der Waals surface area contributed by atoms with Gasteiger partial charge in [0.1, 0.15) is 5.82 Å². The molecule has 0 aliphatic carbocycles. The number of hydrogen-bond donors (Lipinski definition) is 0. The molecule has 0 aliphatic heterocycles. The summed E-state index contributed by atoms with van der Waals surface area (Å²) in [4.78, 5) is 10.6. The Morgan fingerprint density at radius 1 is 0.600 bits per heavy atom. The van der Waals surface area contributed by atoms with Gasteiger partial charge >= 0.3 is 21.1 Å². The molecule has 0 N–H and O–H groups in total. The van der Waals surface area contributed by atoms with E-state index in [0.717, 1.165) is 101 Å². The van der Waals surface area contributed by atoms with Crippen molar-refractivity contribution in [2.24, 2.45) is 0 Å². The number of aryl methyl sites for hydroxylation is 3. The van der Waals surface area contributed by atoms with Gasteiger partial charge in [0.25, 0.3) is 0 Å². The average Bonchev–Trinajstić information content (AvgIpc) is 3.70. The van der Waals surface area contributed by atoms with Gasteiger partial charge in [-0.15, -0.1) is 29.3 Å². The number of pyridine rings is 1. The van der Waals surface area contributed by atoms with E-state index in [2.05, 4.69) is 194 Å². The van der Waals surface area contributed by atoms with E-state index in [1.54, 1.807) is 18.3 Å². The van der Waals surface area contributed by atoms with E-state index in [9.17, 15) is 0 Å². The molecule has 0 spiro atoms. The molecule has 4 nitrogen and oxygen atoms in total. The van der Waals surface area contributed by atoms with E-state index < -0.39 is 6.85 Å². The molecule has 7 aromatic carbocycles. The van der Waals surface area contributed by atoms with Crippen molar-refractivity contribution < 1.29 is 29.9 Å². The van der Waals surface area contributed by atoms with E-state index in [1.165, 1.54) is 5.56 Å². The maximum Gasteiger partial charge on any atom is 2.00 e. The standard InChI is InChI=1S/C60H55N3O.Pt/c1-38-24-26-41(27-25-38)44-28-29-61-53(35-44)46-32-45(33-47(34-46)59(4,5)6)48-22-17-23-54-56(48)62-58(51-31-39(2)30-40(3)57(51)64-10)63(54)55-37-49(42-18-13-11-14-19-42)52(60(7,8)9)36-50(55)43-20-15-12-16-21-43;/h11-31,33-37H,10H2,1-9H3;/q-2;+2/i1D3;. The minimum absolute atomic E-state index is 0. The van der Waals surface area contributed by atoms with Crippen LogP contribution in [-0.2, 0) is 31.9 Å². The maximum atomic E-state index is 7.86. The molecule has 2 aromatic heterocycles. The molecule has 0 saturated heterocycles. The Balaban J connectivity index is 0.00000625. The largest absolute Gasteiger partial charge is 2.00 e. The molecule has 0 atom stereocenters. The van der Waals surface area contributed by atoms with Crippen LogP contribution in [0.4, 0.5) is 0 Å². The summed E-state index contributed by atoms with van der Waals surface area (Å²) < 4.78 is 31.9. The average molecular weight is 1030 g/mol. The van der Waals surface area contributed by atoms with Crippen molar-refractivity contribution in [3.8, 4) is 78.6 Å². The number of aromatic nitrogens is 3. The third kappa shape index (κ3) is 8.90. The van der Waals surface area contributed by atoms with Crippen molar-refractivity contribution in [2.75, 3.05) is 0 Å². The number of nitrogens with zero attached hydrogens (tertiary/aromatic N) is 3. The molecule has 9 aromatic rings. The van der Waals surface area contributed by atoms with Gasteiger partial charge in [-0.05, 0) is 106 Å². The molecular formula is C60H55N3OPt. The molecule has 65 heavy (non-hydrogen) atoms. The summed E-state index contributed by atoms with van der Waals surface area (Å²) in [6.07, 6.45) is 1.80. The Labute approximate surface area is 403 Å². The van der Waals surface area contributed by atoms with Gasteiger partial charge in [0.15, 0.2) is 0 Å². The van der Waals surface area contributed by atoms with Gasteiger partial charge in [-0.3, -0.25) is 9.55 Å². The second-order valence-electron chi connectivity index (χ2n) is 18.9. The topological polar surface area (TPSA) is 39.9 Å². The monoisotopic (exact) mass is 1030 g/mol. The Morgan fingerprint density at radius 2 is 1.28 bits per heavy atom. The first-order valence-electron chi connectivity index (χ1n) is 23.4. The zero-order valence-electron chi connectivity index (χ0n) is 41.3. The van der Waals surface area contributed by atoms with E-state index in [1.807, 2.05) is 18.2 Å². The molecule has 326 valence electrons. The molecule has 9 rings (SSSR count). The Kier molecular flexibility index (Phi) is 11.4. The molecular weight excluding hydrogens is 974 g/mol. The van der Waals surface area contributed by atoms with Crippen molar-refractivity contribution in [3.05, 3.63) is 199 Å². The number of fused-ring (bicyclic) bond motifs is 1. The van der Waals surface area contributed by atoms with E-state index in [4.69, 9.17) is 18.8 Å². The number of imidazole rings is 1. The van der Waals surface area contributed by atoms with Crippen LogP contribution in [0.2, 0.25) is 0 Å². The fraction of sp³-hybridized carbons (Fsp3) is 0.183. The minimum atomic E-state index is -2.17. The molecule has 0 fully saturated rings. The predicted molar refractivity (Wildman–Crippen MR) is 268 cm³/mol. The summed E-state index contributed by atoms with van der Waals surface area (Å²) in [7, 11) is 3.95. The van der Waals surface area contributed by atoms with E-state index in [0.29, 0.717) is 11.3 Å². The Hall–Kier alpha value is -6.35. The van der Waals surface area contributed by atoms with Crippen LogP contribution in [0.25, 0.3) is 83.9 Å². The van der Waals surface area contributed by atoms with Crippen LogP contribution >= 0.6 is 0 Å². The third-order valence-corrected chi connectivity index (χ3v) is 12.1. The van der Waals surface area contributed by atoms with Crippen molar-refractivity contribution in [3.63, 3.8) is 0 Å². The van der Waals surface area contributed by atoms with Gasteiger partial charge in [-0.25, -0.2) is 4.98 Å². The van der Waals surface area contributed by atoms with Gasteiger partial charge < -0.3 is 4.74 Å². The van der Waals surface area contributed by atoms with Gasteiger partial charge in [-0.1, -0.05) is 167 Å². The molecule has 5 heteroatoms. The van der Waals surface area contributed by atoms with Crippen molar-refractivity contribution in [1.82, 2.24) is 14.5 Å². The molecule has 0 amide bonds. The summed E-state index contributed by atoms with van der Waals surface area (Å²) in [6, 6.07) is 56.0. The van der Waals surface area contributed by atoms with Crippen LogP contribution in [0.3, 0.4) is 0 Å². The zero-order chi connectivity index (χ0) is 47.4. The first kappa shape index (κ1) is 41.4. The zero-order valence-corrected chi connectivity index (χ0v) is 40.6. The second kappa shape index (κ2) is 17.9. The predicted octanol–water partition coefficient (Wildman–Crippen LogP) is 15.9. The van der Waals surface area contributed by atoms with Crippen LogP contribution in [0.5, 0.6) is 5.75 Å². The maximum absolute atomic E-state index is 7.86. The second-order valence-corrected chi connectivity index (χ2v) is 18.9. The molecule has 0 radical (unpaired) electrons. The normalized spacial score (nSPS) is 12.6. The number of rotatable bonds is 8. The Morgan fingerprint density at radius 3 is 1.92 bits per heavy atom. The van der Waals surface area contributed by atoms with Gasteiger partial charge in [0.2, 0.25) is 0 Å². The SMILES string of the molecule is [2H]C([2H])([2H])c1ccc(-c2ccnc(-c3[c-]c(-c4cccc5c4nc(-c4cc(C)cc(C)c4O[CH2-])n5-c4cc(-c5ccccc5)c(C(C)(C)C)cc4-c4ccccc4)cc(C(C)(C)C)c3)c2)cc1.[Pt+2]. The van der Waals surface area contributed by atoms with Gasteiger partial charge in [0, 0.05) is 21.6 Å². The molecule has 0 bridgehead atoms. The third-order valence-electron chi connectivity index (χ3n) is 12.1.